The molecule has 0 aliphatic rings. The molecule has 0 heterocycles. The summed E-state index contributed by atoms with van der Waals surface area (Å²) in [5, 5.41) is 8.60. The van der Waals surface area contributed by atoms with E-state index in [1.54, 1.807) is 0 Å². The summed E-state index contributed by atoms with van der Waals surface area (Å²) in [6.45, 7) is 5.50. The number of carbonyl (C=O) groups excluding carboxylic acids is 1. The molecule has 0 unspecified atom stereocenters. The Labute approximate surface area is 113 Å². The number of aryl methyl sites for hydroxylation is 1. The number of benzene rings is 1. The lowest BCUT2D eigenvalue weighted by atomic mass is 10.1. The molecule has 0 saturated heterocycles. The zero-order valence-corrected chi connectivity index (χ0v) is 11.6. The maximum atomic E-state index is 11.6. The Morgan fingerprint density at radius 2 is 1.63 bits per heavy atom. The molecule has 0 bridgehead atoms. The molecule has 1 aromatic rings. The molecule has 0 aliphatic carbocycles. The van der Waals surface area contributed by atoms with Gasteiger partial charge in [-0.15, -0.1) is 0 Å². The average molecular weight is 264 g/mol. The number of carboxylic acid groups (broad SMARTS) is 1. The van der Waals surface area contributed by atoms with Crippen LogP contribution in [-0.4, -0.2) is 22.6 Å². The van der Waals surface area contributed by atoms with Gasteiger partial charge in [-0.1, -0.05) is 24.3 Å². The highest BCUT2D eigenvalue weighted by molar-refractivity contribution is 5.73. The normalized spacial score (nSPS) is 11.1. The summed E-state index contributed by atoms with van der Waals surface area (Å²) in [7, 11) is 0. The minimum atomic E-state index is -0.808. The summed E-state index contributed by atoms with van der Waals surface area (Å²) in [6, 6.07) is 7.37. The standard InChI is InChI=1S/C15H20O4/c1-15(2,3)19-14(18)10-12-6-4-11(5-7-12)8-9-13(16)17/h4-7H,8-10H2,1-3H3,(H,16,17). The topological polar surface area (TPSA) is 63.6 Å². The SMILES string of the molecule is CC(C)(C)OC(=O)Cc1ccc(CCC(=O)O)cc1. The molecular formula is C15H20O4. The molecule has 0 aliphatic heterocycles. The maximum absolute atomic E-state index is 11.6. The van der Waals surface area contributed by atoms with Crippen molar-refractivity contribution >= 4 is 11.9 Å². The van der Waals surface area contributed by atoms with Crippen molar-refractivity contribution in [2.24, 2.45) is 0 Å². The monoisotopic (exact) mass is 264 g/mol. The molecule has 0 spiro atoms. The molecule has 0 fully saturated rings. The Morgan fingerprint density at radius 1 is 1.11 bits per heavy atom. The van der Waals surface area contributed by atoms with Gasteiger partial charge >= 0.3 is 11.9 Å². The van der Waals surface area contributed by atoms with Crippen LogP contribution in [0.5, 0.6) is 0 Å². The lowest BCUT2D eigenvalue weighted by Gasteiger charge is -2.19. The first kappa shape index (κ1) is 15.2. The third-order valence-electron chi connectivity index (χ3n) is 2.42. The minimum Gasteiger partial charge on any atom is -0.481 e. The van der Waals surface area contributed by atoms with Gasteiger partial charge in [0.15, 0.2) is 0 Å². The van der Waals surface area contributed by atoms with Crippen LogP contribution >= 0.6 is 0 Å². The molecule has 4 nitrogen and oxygen atoms in total. The van der Waals surface area contributed by atoms with Crippen LogP contribution in [0.1, 0.15) is 38.3 Å². The first-order valence-electron chi connectivity index (χ1n) is 6.28. The van der Waals surface area contributed by atoms with E-state index in [1.165, 1.54) is 0 Å². The van der Waals surface area contributed by atoms with Crippen molar-refractivity contribution in [3.05, 3.63) is 35.4 Å². The Balaban J connectivity index is 2.52. The van der Waals surface area contributed by atoms with E-state index in [2.05, 4.69) is 0 Å². The first-order chi connectivity index (χ1) is 8.76. The summed E-state index contributed by atoms with van der Waals surface area (Å²) in [6.07, 6.45) is 0.851. The van der Waals surface area contributed by atoms with Crippen LogP contribution in [-0.2, 0) is 27.2 Å². The molecule has 0 amide bonds. The molecule has 1 N–H and O–H groups in total. The number of rotatable bonds is 5. The van der Waals surface area contributed by atoms with E-state index < -0.39 is 11.6 Å². The fourth-order valence-corrected chi connectivity index (χ4v) is 1.62. The average Bonchev–Trinajstić information content (AvgIpc) is 2.25. The van der Waals surface area contributed by atoms with E-state index in [9.17, 15) is 9.59 Å². The number of aliphatic carboxylic acids is 1. The van der Waals surface area contributed by atoms with Gasteiger partial charge in [-0.2, -0.15) is 0 Å². The smallest absolute Gasteiger partial charge is 0.310 e. The number of carboxylic acids is 1. The van der Waals surface area contributed by atoms with Crippen molar-refractivity contribution < 1.29 is 19.4 Å². The highest BCUT2D eigenvalue weighted by atomic mass is 16.6. The van der Waals surface area contributed by atoms with Crippen LogP contribution < -0.4 is 0 Å². The summed E-state index contributed by atoms with van der Waals surface area (Å²) >= 11 is 0. The molecule has 4 heteroatoms. The zero-order chi connectivity index (χ0) is 14.5. The molecule has 0 radical (unpaired) electrons. The molecule has 19 heavy (non-hydrogen) atoms. The van der Waals surface area contributed by atoms with Gasteiger partial charge in [-0.3, -0.25) is 9.59 Å². The molecule has 1 aromatic carbocycles. The van der Waals surface area contributed by atoms with Gasteiger partial charge in [0.2, 0.25) is 0 Å². The molecule has 0 aromatic heterocycles. The van der Waals surface area contributed by atoms with E-state index >= 15 is 0 Å². The number of hydrogen-bond acceptors (Lipinski definition) is 3. The number of hydrogen-bond donors (Lipinski definition) is 1. The first-order valence-corrected chi connectivity index (χ1v) is 6.28. The lowest BCUT2D eigenvalue weighted by molar-refractivity contribution is -0.153. The number of ether oxygens (including phenoxy) is 1. The fraction of sp³-hybridized carbons (Fsp3) is 0.467. The molecule has 1 rings (SSSR count). The van der Waals surface area contributed by atoms with Crippen molar-refractivity contribution in [2.75, 3.05) is 0 Å². The quantitative estimate of drug-likeness (QED) is 0.830. The zero-order valence-electron chi connectivity index (χ0n) is 11.6. The molecule has 0 atom stereocenters. The second kappa shape index (κ2) is 6.36. The summed E-state index contributed by atoms with van der Waals surface area (Å²) in [4.78, 5) is 22.1. The summed E-state index contributed by atoms with van der Waals surface area (Å²) < 4.78 is 5.23. The van der Waals surface area contributed by atoms with Gasteiger partial charge in [0.25, 0.3) is 0 Å². The van der Waals surface area contributed by atoms with Gasteiger partial charge in [0.05, 0.1) is 6.42 Å². The summed E-state index contributed by atoms with van der Waals surface area (Å²) in [5.41, 5.74) is 1.35. The third kappa shape index (κ3) is 6.60. The second-order valence-corrected chi connectivity index (χ2v) is 5.47. The van der Waals surface area contributed by atoms with Crippen molar-refractivity contribution in [2.45, 2.75) is 45.6 Å². The van der Waals surface area contributed by atoms with Crippen LogP contribution in [0.3, 0.4) is 0 Å². The Morgan fingerprint density at radius 3 is 2.11 bits per heavy atom. The third-order valence-corrected chi connectivity index (χ3v) is 2.42. The Bertz CT molecular complexity index is 440. The number of carbonyl (C=O) groups is 2. The lowest BCUT2D eigenvalue weighted by Crippen LogP contribution is -2.24. The number of esters is 1. The molecule has 0 saturated carbocycles. The molecule has 104 valence electrons. The van der Waals surface area contributed by atoms with Crippen molar-refractivity contribution in [1.29, 1.82) is 0 Å². The van der Waals surface area contributed by atoms with Crippen LogP contribution in [0.15, 0.2) is 24.3 Å². The van der Waals surface area contributed by atoms with Gasteiger partial charge in [-0.05, 0) is 38.3 Å². The maximum Gasteiger partial charge on any atom is 0.310 e. The van der Waals surface area contributed by atoms with Gasteiger partial charge in [0, 0.05) is 6.42 Å². The van der Waals surface area contributed by atoms with Crippen LogP contribution in [0.2, 0.25) is 0 Å². The predicted molar refractivity (Wildman–Crippen MR) is 71.9 cm³/mol. The van der Waals surface area contributed by atoms with Gasteiger partial charge < -0.3 is 9.84 Å². The van der Waals surface area contributed by atoms with E-state index in [0.29, 0.717) is 6.42 Å². The fourth-order valence-electron chi connectivity index (χ4n) is 1.62. The van der Waals surface area contributed by atoms with Gasteiger partial charge in [-0.25, -0.2) is 0 Å². The Kier molecular flexibility index (Phi) is 5.10. The second-order valence-electron chi connectivity index (χ2n) is 5.47. The summed E-state index contributed by atoms with van der Waals surface area (Å²) in [5.74, 6) is -1.07. The van der Waals surface area contributed by atoms with Crippen molar-refractivity contribution in [3.8, 4) is 0 Å². The minimum absolute atomic E-state index is 0.116. The van der Waals surface area contributed by atoms with E-state index in [1.807, 2.05) is 45.0 Å². The van der Waals surface area contributed by atoms with Gasteiger partial charge in [0.1, 0.15) is 5.60 Å². The van der Waals surface area contributed by atoms with E-state index in [4.69, 9.17) is 9.84 Å². The van der Waals surface area contributed by atoms with Crippen LogP contribution in [0.25, 0.3) is 0 Å². The van der Waals surface area contributed by atoms with Crippen LogP contribution in [0.4, 0.5) is 0 Å². The highest BCUT2D eigenvalue weighted by Gasteiger charge is 2.16. The van der Waals surface area contributed by atoms with Crippen LogP contribution in [0, 0.1) is 0 Å². The van der Waals surface area contributed by atoms with Crippen molar-refractivity contribution in [3.63, 3.8) is 0 Å². The highest BCUT2D eigenvalue weighted by Crippen LogP contribution is 2.11. The Hall–Kier alpha value is -1.84. The van der Waals surface area contributed by atoms with Crippen molar-refractivity contribution in [1.82, 2.24) is 0 Å². The predicted octanol–water partition coefficient (Wildman–Crippen LogP) is 2.59. The largest absolute Gasteiger partial charge is 0.481 e. The van der Waals surface area contributed by atoms with E-state index in [0.717, 1.165) is 11.1 Å². The van der Waals surface area contributed by atoms with E-state index in [-0.39, 0.29) is 18.8 Å². The molecular weight excluding hydrogens is 244 g/mol.